The van der Waals surface area contributed by atoms with Crippen molar-refractivity contribution in [3.8, 4) is 0 Å². The van der Waals surface area contributed by atoms with E-state index in [1.165, 1.54) is 6.07 Å². The molecule has 88 valence electrons. The Morgan fingerprint density at radius 2 is 2.00 bits per heavy atom. The maximum Gasteiger partial charge on any atom is 0.128 e. The molecule has 0 aliphatic carbocycles. The fourth-order valence-corrected chi connectivity index (χ4v) is 1.95. The van der Waals surface area contributed by atoms with E-state index in [9.17, 15) is 4.39 Å². The van der Waals surface area contributed by atoms with Crippen LogP contribution in [0.3, 0.4) is 0 Å². The van der Waals surface area contributed by atoms with Gasteiger partial charge in [0.2, 0.25) is 0 Å². The zero-order valence-corrected chi connectivity index (χ0v) is 9.73. The molecule has 1 aromatic heterocycles. The molecule has 0 saturated carbocycles. The van der Waals surface area contributed by atoms with Crippen molar-refractivity contribution < 1.29 is 4.39 Å². The number of rotatable bonds is 3. The Hall–Kier alpha value is -1.74. The second-order valence-corrected chi connectivity index (χ2v) is 4.44. The van der Waals surface area contributed by atoms with Gasteiger partial charge in [0.05, 0.1) is 0 Å². The molecule has 1 aromatic carbocycles. The SMILES string of the molecule is CC(N)(Cc1cccnc1)c1ccccc1F. The average Bonchev–Trinajstić information content (AvgIpc) is 2.30. The van der Waals surface area contributed by atoms with Crippen molar-refractivity contribution in [3.05, 3.63) is 65.7 Å². The molecule has 0 radical (unpaired) electrons. The smallest absolute Gasteiger partial charge is 0.128 e. The van der Waals surface area contributed by atoms with Gasteiger partial charge in [-0.3, -0.25) is 4.98 Å². The van der Waals surface area contributed by atoms with Gasteiger partial charge in [0, 0.05) is 23.5 Å². The van der Waals surface area contributed by atoms with Crippen LogP contribution >= 0.6 is 0 Å². The molecule has 1 unspecified atom stereocenters. The van der Waals surface area contributed by atoms with Crippen molar-refractivity contribution in [1.82, 2.24) is 4.98 Å². The fraction of sp³-hybridized carbons (Fsp3) is 0.214. The third-order valence-corrected chi connectivity index (χ3v) is 2.78. The van der Waals surface area contributed by atoms with E-state index in [1.807, 2.05) is 19.1 Å². The minimum atomic E-state index is -0.728. The molecule has 0 fully saturated rings. The summed E-state index contributed by atoms with van der Waals surface area (Å²) in [5.41, 5.74) is 7.01. The summed E-state index contributed by atoms with van der Waals surface area (Å²) in [6.45, 7) is 1.83. The van der Waals surface area contributed by atoms with Crippen molar-refractivity contribution in [2.45, 2.75) is 18.9 Å². The molecular formula is C14H15FN2. The molecule has 1 atom stereocenters. The lowest BCUT2D eigenvalue weighted by molar-refractivity contribution is 0.457. The van der Waals surface area contributed by atoms with Crippen LogP contribution in [0.4, 0.5) is 4.39 Å². The second kappa shape index (κ2) is 4.63. The number of hydrogen-bond donors (Lipinski definition) is 1. The minimum Gasteiger partial charge on any atom is -0.321 e. The summed E-state index contributed by atoms with van der Waals surface area (Å²) < 4.78 is 13.7. The van der Waals surface area contributed by atoms with E-state index in [1.54, 1.807) is 30.6 Å². The van der Waals surface area contributed by atoms with E-state index >= 15 is 0 Å². The highest BCUT2D eigenvalue weighted by atomic mass is 19.1. The van der Waals surface area contributed by atoms with Crippen molar-refractivity contribution in [3.63, 3.8) is 0 Å². The number of nitrogens with zero attached hydrogens (tertiary/aromatic N) is 1. The number of benzene rings is 1. The van der Waals surface area contributed by atoms with Gasteiger partial charge in [0.1, 0.15) is 5.82 Å². The molecular weight excluding hydrogens is 215 g/mol. The van der Waals surface area contributed by atoms with E-state index < -0.39 is 5.54 Å². The summed E-state index contributed by atoms with van der Waals surface area (Å²) in [6.07, 6.45) is 4.02. The fourth-order valence-electron chi connectivity index (χ4n) is 1.95. The molecule has 17 heavy (non-hydrogen) atoms. The average molecular weight is 230 g/mol. The van der Waals surface area contributed by atoms with Gasteiger partial charge in [-0.25, -0.2) is 4.39 Å². The Balaban J connectivity index is 2.28. The van der Waals surface area contributed by atoms with E-state index in [2.05, 4.69) is 4.98 Å². The maximum absolute atomic E-state index is 13.7. The lowest BCUT2D eigenvalue weighted by atomic mass is 9.87. The van der Waals surface area contributed by atoms with E-state index in [4.69, 9.17) is 5.73 Å². The quantitative estimate of drug-likeness (QED) is 0.880. The summed E-state index contributed by atoms with van der Waals surface area (Å²) in [4.78, 5) is 4.04. The zero-order chi connectivity index (χ0) is 12.3. The Morgan fingerprint density at radius 1 is 1.24 bits per heavy atom. The van der Waals surface area contributed by atoms with Gasteiger partial charge in [0.15, 0.2) is 0 Å². The van der Waals surface area contributed by atoms with Gasteiger partial charge in [-0.05, 0) is 31.0 Å². The van der Waals surface area contributed by atoms with Crippen LogP contribution in [-0.4, -0.2) is 4.98 Å². The van der Waals surface area contributed by atoms with Crippen LogP contribution in [0.5, 0.6) is 0 Å². The highest BCUT2D eigenvalue weighted by molar-refractivity contribution is 5.27. The van der Waals surface area contributed by atoms with Crippen LogP contribution in [0.15, 0.2) is 48.8 Å². The summed E-state index contributed by atoms with van der Waals surface area (Å²) in [6, 6.07) is 10.4. The van der Waals surface area contributed by atoms with Crippen LogP contribution in [0.1, 0.15) is 18.1 Å². The maximum atomic E-state index is 13.7. The topological polar surface area (TPSA) is 38.9 Å². The number of pyridine rings is 1. The zero-order valence-electron chi connectivity index (χ0n) is 9.73. The lowest BCUT2D eigenvalue weighted by Crippen LogP contribution is -2.36. The van der Waals surface area contributed by atoms with Gasteiger partial charge >= 0.3 is 0 Å². The standard InChI is InChI=1S/C14H15FN2/c1-14(16,9-11-5-4-8-17-10-11)12-6-2-3-7-13(12)15/h2-8,10H,9,16H2,1H3. The molecule has 0 aliphatic heterocycles. The van der Waals surface area contributed by atoms with Gasteiger partial charge < -0.3 is 5.73 Å². The highest BCUT2D eigenvalue weighted by Crippen LogP contribution is 2.24. The number of aromatic nitrogens is 1. The highest BCUT2D eigenvalue weighted by Gasteiger charge is 2.24. The predicted molar refractivity (Wildman–Crippen MR) is 65.9 cm³/mol. The van der Waals surface area contributed by atoms with E-state index in [0.29, 0.717) is 12.0 Å². The second-order valence-electron chi connectivity index (χ2n) is 4.44. The Bertz CT molecular complexity index is 495. The minimum absolute atomic E-state index is 0.263. The largest absolute Gasteiger partial charge is 0.321 e. The predicted octanol–water partition coefficient (Wildman–Crippen LogP) is 2.64. The van der Waals surface area contributed by atoms with Crippen molar-refractivity contribution in [2.24, 2.45) is 5.73 Å². The summed E-state index contributed by atoms with van der Waals surface area (Å²) in [5.74, 6) is -0.263. The number of nitrogens with two attached hydrogens (primary N) is 1. The third kappa shape index (κ3) is 2.68. The lowest BCUT2D eigenvalue weighted by Gasteiger charge is -2.25. The van der Waals surface area contributed by atoms with Crippen LogP contribution in [0.2, 0.25) is 0 Å². The molecule has 0 aliphatic rings. The van der Waals surface area contributed by atoms with Crippen molar-refractivity contribution in [2.75, 3.05) is 0 Å². The Kier molecular flexibility index (Phi) is 3.20. The molecule has 0 saturated heterocycles. The molecule has 2 rings (SSSR count). The van der Waals surface area contributed by atoms with Crippen molar-refractivity contribution in [1.29, 1.82) is 0 Å². The third-order valence-electron chi connectivity index (χ3n) is 2.78. The molecule has 1 heterocycles. The molecule has 0 spiro atoms. The van der Waals surface area contributed by atoms with Gasteiger partial charge in [-0.2, -0.15) is 0 Å². The molecule has 0 bridgehead atoms. The number of halogens is 1. The first-order valence-corrected chi connectivity index (χ1v) is 5.52. The molecule has 2 N–H and O–H groups in total. The molecule has 3 heteroatoms. The van der Waals surface area contributed by atoms with Crippen LogP contribution in [0, 0.1) is 5.82 Å². The summed E-state index contributed by atoms with van der Waals surface area (Å²) >= 11 is 0. The first-order valence-electron chi connectivity index (χ1n) is 5.52. The van der Waals surface area contributed by atoms with E-state index in [0.717, 1.165) is 5.56 Å². The van der Waals surface area contributed by atoms with Gasteiger partial charge in [-0.1, -0.05) is 24.3 Å². The normalized spacial score (nSPS) is 14.3. The first kappa shape index (κ1) is 11.7. The first-order chi connectivity index (χ1) is 8.09. The van der Waals surface area contributed by atoms with E-state index in [-0.39, 0.29) is 5.82 Å². The van der Waals surface area contributed by atoms with Crippen molar-refractivity contribution >= 4 is 0 Å². The molecule has 2 aromatic rings. The summed E-state index contributed by atoms with van der Waals surface area (Å²) in [7, 11) is 0. The van der Waals surface area contributed by atoms with Gasteiger partial charge in [0.25, 0.3) is 0 Å². The molecule has 0 amide bonds. The monoisotopic (exact) mass is 230 g/mol. The number of hydrogen-bond acceptors (Lipinski definition) is 2. The summed E-state index contributed by atoms with van der Waals surface area (Å²) in [5, 5.41) is 0. The van der Waals surface area contributed by atoms with Crippen LogP contribution in [0.25, 0.3) is 0 Å². The van der Waals surface area contributed by atoms with Gasteiger partial charge in [-0.15, -0.1) is 0 Å². The van der Waals surface area contributed by atoms with Crippen LogP contribution in [-0.2, 0) is 12.0 Å². The molecule has 2 nitrogen and oxygen atoms in total. The Morgan fingerprint density at radius 3 is 2.65 bits per heavy atom. The van der Waals surface area contributed by atoms with Crippen LogP contribution < -0.4 is 5.73 Å². The Labute approximate surface area is 100 Å².